The molecule has 3 aromatic rings. The lowest BCUT2D eigenvalue weighted by Crippen LogP contribution is -2.29. The first-order valence-corrected chi connectivity index (χ1v) is 12.0. The van der Waals surface area contributed by atoms with Gasteiger partial charge in [-0.15, -0.1) is 13.2 Å². The molecular weight excluding hydrogens is 455 g/mol. The Kier molecular flexibility index (Phi) is 6.32. The molecule has 5 nitrogen and oxygen atoms in total. The summed E-state index contributed by atoms with van der Waals surface area (Å²) in [5, 5.41) is 14.0. The lowest BCUT2D eigenvalue weighted by molar-refractivity contribution is -0.274. The topological polar surface area (TPSA) is 59.3 Å². The normalized spacial score (nSPS) is 20.7. The number of aliphatic hydroxyl groups is 1. The van der Waals surface area contributed by atoms with Crippen molar-refractivity contribution in [3.8, 4) is 5.75 Å². The number of hydrogen-bond acceptors (Lipinski definition) is 4. The van der Waals surface area contributed by atoms with E-state index in [4.69, 9.17) is 4.98 Å². The van der Waals surface area contributed by atoms with Gasteiger partial charge in [0.05, 0.1) is 16.6 Å². The van der Waals surface area contributed by atoms with Gasteiger partial charge in [0.1, 0.15) is 5.75 Å². The summed E-state index contributed by atoms with van der Waals surface area (Å²) in [6.45, 7) is 12.4. The van der Waals surface area contributed by atoms with Gasteiger partial charge in [-0.3, -0.25) is 0 Å². The summed E-state index contributed by atoms with van der Waals surface area (Å²) in [6, 6.07) is 9.88. The molecule has 1 saturated carbocycles. The van der Waals surface area contributed by atoms with Gasteiger partial charge in [-0.1, -0.05) is 20.8 Å². The van der Waals surface area contributed by atoms with E-state index in [-0.39, 0.29) is 17.2 Å². The smallest absolute Gasteiger partial charge is 0.406 e. The Balaban J connectivity index is 1.78. The molecule has 0 radical (unpaired) electrons. The zero-order valence-corrected chi connectivity index (χ0v) is 21.1. The second-order valence-corrected chi connectivity index (χ2v) is 11.3. The summed E-state index contributed by atoms with van der Waals surface area (Å²) >= 11 is 0. The molecule has 0 aliphatic heterocycles. The van der Waals surface area contributed by atoms with E-state index in [9.17, 15) is 18.3 Å². The van der Waals surface area contributed by atoms with Gasteiger partial charge < -0.3 is 19.7 Å². The number of nitrogens with one attached hydrogen (secondary N) is 1. The fraction of sp³-hybridized carbons (Fsp3) is 0.519. The lowest BCUT2D eigenvalue weighted by Gasteiger charge is -2.40. The maximum absolute atomic E-state index is 12.5. The van der Waals surface area contributed by atoms with Crippen LogP contribution in [-0.4, -0.2) is 21.0 Å². The minimum absolute atomic E-state index is 0.175. The number of aromatic nitrogens is 2. The Morgan fingerprint density at radius 3 is 2.34 bits per heavy atom. The molecule has 190 valence electrons. The number of fused-ring (bicyclic) bond motifs is 1. The van der Waals surface area contributed by atoms with Crippen LogP contribution in [0, 0.1) is 18.3 Å². The average molecular weight is 490 g/mol. The van der Waals surface area contributed by atoms with Crippen LogP contribution in [-0.2, 0) is 5.60 Å². The van der Waals surface area contributed by atoms with Crippen molar-refractivity contribution in [3.05, 3.63) is 47.5 Å². The molecule has 2 N–H and O–H groups in total. The zero-order valence-electron chi connectivity index (χ0n) is 21.1. The number of hydrogen-bond donors (Lipinski definition) is 2. The highest BCUT2D eigenvalue weighted by atomic mass is 19.4. The number of imidazole rings is 1. The maximum Gasteiger partial charge on any atom is 0.573 e. The van der Waals surface area contributed by atoms with Crippen molar-refractivity contribution >= 4 is 22.7 Å². The second kappa shape index (κ2) is 8.73. The number of anilines is 2. The molecule has 0 spiro atoms. The molecule has 0 amide bonds. The largest absolute Gasteiger partial charge is 0.573 e. The van der Waals surface area contributed by atoms with Gasteiger partial charge in [0.2, 0.25) is 5.95 Å². The molecule has 2 atom stereocenters. The number of halogens is 3. The Bertz CT molecular complexity index is 1210. The van der Waals surface area contributed by atoms with E-state index in [1.165, 1.54) is 12.1 Å². The summed E-state index contributed by atoms with van der Waals surface area (Å²) in [5.74, 6) is 0.904. The highest BCUT2D eigenvalue weighted by Crippen LogP contribution is 2.46. The van der Waals surface area contributed by atoms with Crippen LogP contribution in [0.1, 0.15) is 71.0 Å². The molecule has 4 rings (SSSR count). The highest BCUT2D eigenvalue weighted by molar-refractivity contribution is 5.82. The van der Waals surface area contributed by atoms with Crippen molar-refractivity contribution in [2.75, 3.05) is 5.32 Å². The van der Waals surface area contributed by atoms with Crippen LogP contribution in [0.25, 0.3) is 11.0 Å². The minimum Gasteiger partial charge on any atom is -0.406 e. The van der Waals surface area contributed by atoms with Gasteiger partial charge in [0.15, 0.2) is 0 Å². The molecule has 1 heterocycles. The third-order valence-electron chi connectivity index (χ3n) is 6.77. The molecule has 1 fully saturated rings. The Morgan fingerprint density at radius 1 is 1.11 bits per heavy atom. The van der Waals surface area contributed by atoms with Crippen molar-refractivity contribution in [1.82, 2.24) is 9.55 Å². The van der Waals surface area contributed by atoms with E-state index < -0.39 is 12.0 Å². The van der Waals surface area contributed by atoms with Gasteiger partial charge in [0, 0.05) is 11.7 Å². The highest BCUT2D eigenvalue weighted by Gasteiger charge is 2.35. The van der Waals surface area contributed by atoms with E-state index in [0.717, 1.165) is 41.4 Å². The molecule has 0 saturated heterocycles. The molecule has 1 aromatic heterocycles. The summed E-state index contributed by atoms with van der Waals surface area (Å²) < 4.78 is 43.8. The van der Waals surface area contributed by atoms with E-state index in [0.29, 0.717) is 17.6 Å². The first kappa shape index (κ1) is 25.4. The van der Waals surface area contributed by atoms with Crippen LogP contribution in [0.5, 0.6) is 5.75 Å². The van der Waals surface area contributed by atoms with Crippen molar-refractivity contribution < 1.29 is 23.0 Å². The predicted octanol–water partition coefficient (Wildman–Crippen LogP) is 7.60. The fourth-order valence-corrected chi connectivity index (χ4v) is 5.72. The van der Waals surface area contributed by atoms with Crippen LogP contribution in [0.15, 0.2) is 36.4 Å². The summed E-state index contributed by atoms with van der Waals surface area (Å²) in [7, 11) is 0. The predicted molar refractivity (Wildman–Crippen MR) is 132 cm³/mol. The first-order chi connectivity index (χ1) is 16.1. The van der Waals surface area contributed by atoms with Gasteiger partial charge in [-0.05, 0) is 98.9 Å². The van der Waals surface area contributed by atoms with E-state index >= 15 is 0 Å². The second-order valence-electron chi connectivity index (χ2n) is 11.3. The monoisotopic (exact) mass is 489 g/mol. The number of alkyl halides is 3. The van der Waals surface area contributed by atoms with E-state index in [1.54, 1.807) is 26.0 Å². The summed E-state index contributed by atoms with van der Waals surface area (Å²) in [5.41, 5.74) is 3.31. The molecule has 8 heteroatoms. The molecular formula is C27H34F3N3O2. The van der Waals surface area contributed by atoms with Crippen molar-refractivity contribution in [1.29, 1.82) is 0 Å². The van der Waals surface area contributed by atoms with Gasteiger partial charge in [0.25, 0.3) is 0 Å². The minimum atomic E-state index is -4.73. The fourth-order valence-electron chi connectivity index (χ4n) is 5.72. The van der Waals surface area contributed by atoms with Crippen molar-refractivity contribution in [3.63, 3.8) is 0 Å². The standard InChI is InChI=1S/C27H34F3N3O2/c1-16-11-19(15-25(3,4)14-16)33-23-12-17(2)21(26(5,6)34)13-22(23)32-24(33)31-18-7-9-20(10-8-18)35-27(28,29)30/h7-10,12-13,16,19,34H,11,14-15H2,1-6H3,(H,31,32). The number of aryl methyl sites for hydroxylation is 1. The summed E-state index contributed by atoms with van der Waals surface area (Å²) in [6.07, 6.45) is -1.58. The van der Waals surface area contributed by atoms with Crippen LogP contribution in [0.2, 0.25) is 0 Å². The molecule has 2 unspecified atom stereocenters. The lowest BCUT2D eigenvalue weighted by atomic mass is 9.70. The maximum atomic E-state index is 12.5. The van der Waals surface area contributed by atoms with Gasteiger partial charge in [-0.2, -0.15) is 0 Å². The molecule has 2 aromatic carbocycles. The van der Waals surface area contributed by atoms with Gasteiger partial charge >= 0.3 is 6.36 Å². The van der Waals surface area contributed by atoms with Crippen molar-refractivity contribution in [2.24, 2.45) is 11.3 Å². The number of nitrogens with zero attached hydrogens (tertiary/aromatic N) is 2. The van der Waals surface area contributed by atoms with E-state index in [1.807, 2.05) is 13.0 Å². The summed E-state index contributed by atoms with van der Waals surface area (Å²) in [4.78, 5) is 4.88. The Labute approximate surface area is 204 Å². The number of ether oxygens (including phenoxy) is 1. The molecule has 1 aliphatic carbocycles. The quantitative estimate of drug-likeness (QED) is 0.387. The van der Waals surface area contributed by atoms with Gasteiger partial charge in [-0.25, -0.2) is 4.98 Å². The Hall–Kier alpha value is -2.74. The third-order valence-corrected chi connectivity index (χ3v) is 6.77. The number of rotatable bonds is 5. The SMILES string of the molecule is Cc1cc2c(cc1C(C)(C)O)nc(Nc1ccc(OC(F)(F)F)cc1)n2C1CC(C)CC(C)(C)C1. The van der Waals surface area contributed by atoms with Crippen molar-refractivity contribution in [2.45, 2.75) is 78.8 Å². The average Bonchev–Trinajstić information content (AvgIpc) is 3.02. The molecule has 35 heavy (non-hydrogen) atoms. The van der Waals surface area contributed by atoms with Crippen LogP contribution >= 0.6 is 0 Å². The first-order valence-electron chi connectivity index (χ1n) is 12.0. The van der Waals surface area contributed by atoms with Crippen LogP contribution in [0.4, 0.5) is 24.8 Å². The zero-order chi connectivity index (χ0) is 25.8. The molecule has 1 aliphatic rings. The van der Waals surface area contributed by atoms with Crippen LogP contribution < -0.4 is 10.1 Å². The van der Waals surface area contributed by atoms with E-state index in [2.05, 4.69) is 41.5 Å². The third kappa shape index (κ3) is 5.74. The number of benzene rings is 2. The molecule has 0 bridgehead atoms. The van der Waals surface area contributed by atoms with Crippen LogP contribution in [0.3, 0.4) is 0 Å². The Morgan fingerprint density at radius 2 is 1.77 bits per heavy atom.